The third-order valence-corrected chi connectivity index (χ3v) is 5.08. The number of benzene rings is 2. The molecule has 0 saturated heterocycles. The number of carbonyl (C=O) groups excluding carboxylic acids is 1. The third-order valence-electron chi connectivity index (χ3n) is 5.08. The van der Waals surface area contributed by atoms with E-state index in [1.807, 2.05) is 60.4 Å². The van der Waals surface area contributed by atoms with Crippen molar-refractivity contribution in [3.8, 4) is 28.4 Å². The lowest BCUT2D eigenvalue weighted by atomic mass is 10.1. The quantitative estimate of drug-likeness (QED) is 0.510. The number of aromatic nitrogens is 2. The van der Waals surface area contributed by atoms with Gasteiger partial charge < -0.3 is 14.4 Å². The van der Waals surface area contributed by atoms with Crippen molar-refractivity contribution in [2.45, 2.75) is 26.7 Å². The van der Waals surface area contributed by atoms with Gasteiger partial charge in [-0.15, -0.1) is 0 Å². The second-order valence-corrected chi connectivity index (χ2v) is 6.98. The first kappa shape index (κ1) is 21.4. The number of unbranched alkanes of at least 4 members (excludes halogenated alkanes) is 1. The molecule has 0 radical (unpaired) electrons. The minimum Gasteiger partial charge on any atom is -0.497 e. The molecule has 0 N–H and O–H groups in total. The first-order valence-corrected chi connectivity index (χ1v) is 10.3. The minimum absolute atomic E-state index is 0.0343. The smallest absolute Gasteiger partial charge is 0.257 e. The van der Waals surface area contributed by atoms with Crippen molar-refractivity contribution in [1.29, 1.82) is 0 Å². The molecule has 0 aliphatic carbocycles. The van der Waals surface area contributed by atoms with Gasteiger partial charge in [0.25, 0.3) is 5.91 Å². The van der Waals surface area contributed by atoms with Gasteiger partial charge in [-0.3, -0.25) is 4.79 Å². The Labute approximate surface area is 178 Å². The fourth-order valence-electron chi connectivity index (χ4n) is 3.36. The van der Waals surface area contributed by atoms with E-state index in [1.54, 1.807) is 25.1 Å². The molecule has 0 atom stereocenters. The first-order valence-electron chi connectivity index (χ1n) is 10.3. The number of carbonyl (C=O) groups is 1. The zero-order valence-corrected chi connectivity index (χ0v) is 18.1. The number of ether oxygens (including phenoxy) is 2. The zero-order valence-electron chi connectivity index (χ0n) is 18.1. The Balaban J connectivity index is 2.16. The van der Waals surface area contributed by atoms with Crippen LogP contribution in [0, 0.1) is 0 Å². The molecular weight excluding hydrogens is 378 g/mol. The number of hydrogen-bond acceptors (Lipinski definition) is 4. The lowest BCUT2D eigenvalue weighted by molar-refractivity contribution is 0.0763. The fraction of sp³-hybridized carbons (Fsp3) is 0.333. The summed E-state index contributed by atoms with van der Waals surface area (Å²) < 4.78 is 12.7. The molecule has 0 fully saturated rings. The van der Waals surface area contributed by atoms with Gasteiger partial charge in [0, 0.05) is 24.8 Å². The topological polar surface area (TPSA) is 56.6 Å². The highest BCUT2D eigenvalue weighted by Gasteiger charge is 2.24. The van der Waals surface area contributed by atoms with Crippen molar-refractivity contribution >= 4 is 5.91 Å². The van der Waals surface area contributed by atoms with Crippen molar-refractivity contribution in [2.24, 2.45) is 0 Å². The van der Waals surface area contributed by atoms with Crippen LogP contribution >= 0.6 is 0 Å². The standard InChI is InChI=1S/C24H29N3O3/c1-5-7-15-26(6-2)24(28)21-17-27(18-11-9-8-10-12-18)25-23(21)20-16-19(29-3)13-14-22(20)30-4/h8-14,16-17H,5-7,15H2,1-4H3. The maximum Gasteiger partial charge on any atom is 0.257 e. The molecule has 6 nitrogen and oxygen atoms in total. The molecule has 0 spiro atoms. The van der Waals surface area contributed by atoms with Crippen molar-refractivity contribution in [1.82, 2.24) is 14.7 Å². The van der Waals surface area contributed by atoms with E-state index in [9.17, 15) is 4.79 Å². The molecule has 2 aromatic carbocycles. The van der Waals surface area contributed by atoms with Crippen LogP contribution in [0.2, 0.25) is 0 Å². The summed E-state index contributed by atoms with van der Waals surface area (Å²) in [5, 5.41) is 4.79. The minimum atomic E-state index is -0.0343. The lowest BCUT2D eigenvalue weighted by Crippen LogP contribution is -2.31. The molecule has 1 heterocycles. The van der Waals surface area contributed by atoms with E-state index in [2.05, 4.69) is 6.92 Å². The summed E-state index contributed by atoms with van der Waals surface area (Å²) in [5.74, 6) is 1.28. The second-order valence-electron chi connectivity index (χ2n) is 6.98. The van der Waals surface area contributed by atoms with E-state index >= 15 is 0 Å². The lowest BCUT2D eigenvalue weighted by Gasteiger charge is -2.20. The van der Waals surface area contributed by atoms with Crippen LogP contribution in [0.4, 0.5) is 0 Å². The predicted molar refractivity (Wildman–Crippen MR) is 119 cm³/mol. The molecule has 0 saturated carbocycles. The summed E-state index contributed by atoms with van der Waals surface area (Å²) in [6.45, 7) is 5.49. The molecule has 0 aliphatic heterocycles. The summed E-state index contributed by atoms with van der Waals surface area (Å²) >= 11 is 0. The van der Waals surface area contributed by atoms with Crippen LogP contribution in [-0.4, -0.2) is 47.9 Å². The molecule has 3 aromatic rings. The number of methoxy groups -OCH3 is 2. The van der Waals surface area contributed by atoms with Crippen LogP contribution in [0.25, 0.3) is 16.9 Å². The SMILES string of the molecule is CCCCN(CC)C(=O)c1cn(-c2ccccc2)nc1-c1cc(OC)ccc1OC. The van der Waals surface area contributed by atoms with Gasteiger partial charge in [0.2, 0.25) is 0 Å². The van der Waals surface area contributed by atoms with Crippen LogP contribution < -0.4 is 9.47 Å². The molecule has 158 valence electrons. The number of nitrogens with zero attached hydrogens (tertiary/aromatic N) is 3. The van der Waals surface area contributed by atoms with Crippen LogP contribution in [0.1, 0.15) is 37.0 Å². The van der Waals surface area contributed by atoms with Gasteiger partial charge >= 0.3 is 0 Å². The highest BCUT2D eigenvalue weighted by Crippen LogP contribution is 2.35. The van der Waals surface area contributed by atoms with Crippen molar-refractivity contribution in [3.05, 3.63) is 60.3 Å². The number of rotatable bonds is 9. The number of amides is 1. The number of para-hydroxylation sites is 1. The van der Waals surface area contributed by atoms with Gasteiger partial charge in [0.15, 0.2) is 0 Å². The average Bonchev–Trinajstić information content (AvgIpc) is 3.25. The Morgan fingerprint density at radius 2 is 1.83 bits per heavy atom. The van der Waals surface area contributed by atoms with Gasteiger partial charge in [-0.05, 0) is 43.7 Å². The molecule has 3 rings (SSSR count). The van der Waals surface area contributed by atoms with Gasteiger partial charge in [0.05, 0.1) is 25.5 Å². The van der Waals surface area contributed by atoms with E-state index in [0.29, 0.717) is 29.3 Å². The van der Waals surface area contributed by atoms with Gasteiger partial charge in [-0.1, -0.05) is 31.5 Å². The molecule has 1 amide bonds. The Bertz CT molecular complexity index is 983. The summed E-state index contributed by atoms with van der Waals surface area (Å²) in [6, 6.07) is 15.3. The highest BCUT2D eigenvalue weighted by atomic mass is 16.5. The van der Waals surface area contributed by atoms with Gasteiger partial charge in [-0.2, -0.15) is 5.10 Å². The molecule has 0 bridgehead atoms. The predicted octanol–water partition coefficient (Wildman–Crippen LogP) is 4.82. The second kappa shape index (κ2) is 9.96. The third kappa shape index (κ3) is 4.48. The monoisotopic (exact) mass is 407 g/mol. The van der Waals surface area contributed by atoms with Gasteiger partial charge in [-0.25, -0.2) is 4.68 Å². The van der Waals surface area contributed by atoms with Crippen molar-refractivity contribution in [3.63, 3.8) is 0 Å². The van der Waals surface area contributed by atoms with E-state index in [1.165, 1.54) is 0 Å². The fourth-order valence-corrected chi connectivity index (χ4v) is 3.36. The molecule has 6 heteroatoms. The largest absolute Gasteiger partial charge is 0.497 e. The summed E-state index contributed by atoms with van der Waals surface area (Å²) in [7, 11) is 3.23. The van der Waals surface area contributed by atoms with Crippen LogP contribution in [0.15, 0.2) is 54.7 Å². The van der Waals surface area contributed by atoms with Crippen LogP contribution in [0.5, 0.6) is 11.5 Å². The molecule has 0 aliphatic rings. The van der Waals surface area contributed by atoms with Crippen molar-refractivity contribution in [2.75, 3.05) is 27.3 Å². The normalized spacial score (nSPS) is 10.7. The summed E-state index contributed by atoms with van der Waals surface area (Å²) in [5.41, 5.74) is 2.73. The zero-order chi connectivity index (χ0) is 21.5. The molecule has 0 unspecified atom stereocenters. The molecule has 30 heavy (non-hydrogen) atoms. The Hall–Kier alpha value is -3.28. The summed E-state index contributed by atoms with van der Waals surface area (Å²) in [4.78, 5) is 15.3. The Morgan fingerprint density at radius 1 is 1.07 bits per heavy atom. The summed E-state index contributed by atoms with van der Waals surface area (Å²) in [6.07, 6.45) is 3.80. The maximum absolute atomic E-state index is 13.5. The maximum atomic E-state index is 13.5. The van der Waals surface area contributed by atoms with Crippen LogP contribution in [-0.2, 0) is 0 Å². The Morgan fingerprint density at radius 3 is 2.47 bits per heavy atom. The Kier molecular flexibility index (Phi) is 7.12. The van der Waals surface area contributed by atoms with E-state index in [0.717, 1.165) is 30.6 Å². The number of hydrogen-bond donors (Lipinski definition) is 0. The van der Waals surface area contributed by atoms with E-state index < -0.39 is 0 Å². The molecule has 1 aromatic heterocycles. The van der Waals surface area contributed by atoms with Gasteiger partial charge in [0.1, 0.15) is 17.2 Å². The van der Waals surface area contributed by atoms with Crippen LogP contribution in [0.3, 0.4) is 0 Å². The first-order chi connectivity index (χ1) is 14.6. The molecular formula is C24H29N3O3. The average molecular weight is 408 g/mol. The van der Waals surface area contributed by atoms with Crippen molar-refractivity contribution < 1.29 is 14.3 Å². The van der Waals surface area contributed by atoms with E-state index in [4.69, 9.17) is 14.6 Å². The highest BCUT2D eigenvalue weighted by molar-refractivity contribution is 6.00. The van der Waals surface area contributed by atoms with E-state index in [-0.39, 0.29) is 5.91 Å².